The van der Waals surface area contributed by atoms with Crippen molar-refractivity contribution in [3.63, 3.8) is 0 Å². The highest BCUT2D eigenvalue weighted by Crippen LogP contribution is 2.19. The number of amides is 1. The van der Waals surface area contributed by atoms with Crippen LogP contribution in [0.3, 0.4) is 0 Å². The first-order chi connectivity index (χ1) is 8.70. The van der Waals surface area contributed by atoms with Gasteiger partial charge in [-0.1, -0.05) is 18.6 Å². The molecule has 4 heteroatoms. The molecule has 98 valence electrons. The van der Waals surface area contributed by atoms with Gasteiger partial charge < -0.3 is 11.5 Å². The Hall–Kier alpha value is -1.39. The molecular weight excluding hydrogens is 226 g/mol. The fourth-order valence-electron chi connectivity index (χ4n) is 2.59. The van der Waals surface area contributed by atoms with Crippen LogP contribution in [0.2, 0.25) is 0 Å². The van der Waals surface area contributed by atoms with Gasteiger partial charge in [0.2, 0.25) is 5.91 Å². The van der Waals surface area contributed by atoms with E-state index < -0.39 is 0 Å². The van der Waals surface area contributed by atoms with Crippen LogP contribution in [-0.2, 0) is 6.54 Å². The van der Waals surface area contributed by atoms with Crippen LogP contribution in [0.4, 0.5) is 0 Å². The van der Waals surface area contributed by atoms with Gasteiger partial charge in [-0.05, 0) is 37.1 Å². The van der Waals surface area contributed by atoms with Gasteiger partial charge in [-0.25, -0.2) is 0 Å². The molecule has 1 aliphatic rings. The van der Waals surface area contributed by atoms with Crippen LogP contribution in [0.25, 0.3) is 0 Å². The molecule has 1 unspecified atom stereocenters. The van der Waals surface area contributed by atoms with E-state index in [2.05, 4.69) is 4.90 Å². The van der Waals surface area contributed by atoms with Gasteiger partial charge in [-0.2, -0.15) is 0 Å². The Labute approximate surface area is 108 Å². The fourth-order valence-corrected chi connectivity index (χ4v) is 2.59. The van der Waals surface area contributed by atoms with Gasteiger partial charge in [0.05, 0.1) is 0 Å². The van der Waals surface area contributed by atoms with Gasteiger partial charge in [0.25, 0.3) is 0 Å². The Bertz CT molecular complexity index is 419. The smallest absolute Gasteiger partial charge is 0.248 e. The number of nitrogens with two attached hydrogens (primary N) is 2. The zero-order valence-corrected chi connectivity index (χ0v) is 10.6. The molecule has 0 radical (unpaired) electrons. The van der Waals surface area contributed by atoms with Crippen LogP contribution in [0, 0.1) is 0 Å². The second-order valence-electron chi connectivity index (χ2n) is 4.92. The Morgan fingerprint density at radius 2 is 2.22 bits per heavy atom. The number of carbonyl (C=O) groups excluding carboxylic acids is 1. The number of hydrogen-bond donors (Lipinski definition) is 2. The third-order valence-electron chi connectivity index (χ3n) is 3.62. The Balaban J connectivity index is 2.07. The topological polar surface area (TPSA) is 72.3 Å². The predicted octanol–water partition coefficient (Wildman–Crippen LogP) is 1.10. The first kappa shape index (κ1) is 13.1. The molecule has 1 atom stereocenters. The molecule has 18 heavy (non-hydrogen) atoms. The SMILES string of the molecule is NCC1CCCCN1Cc1cccc(C(N)=O)c1. The van der Waals surface area contributed by atoms with Crippen LogP contribution >= 0.6 is 0 Å². The molecule has 1 aliphatic heterocycles. The lowest BCUT2D eigenvalue weighted by molar-refractivity contribution is 0.1000. The monoisotopic (exact) mass is 247 g/mol. The molecule has 0 aliphatic carbocycles. The van der Waals surface area contributed by atoms with Crippen molar-refractivity contribution in [2.24, 2.45) is 11.5 Å². The minimum Gasteiger partial charge on any atom is -0.366 e. The first-order valence-corrected chi connectivity index (χ1v) is 6.53. The maximum Gasteiger partial charge on any atom is 0.248 e. The zero-order valence-electron chi connectivity index (χ0n) is 10.6. The fraction of sp³-hybridized carbons (Fsp3) is 0.500. The molecule has 1 amide bonds. The van der Waals surface area contributed by atoms with Crippen LogP contribution in [0.1, 0.15) is 35.2 Å². The highest BCUT2D eigenvalue weighted by Gasteiger charge is 2.20. The average Bonchev–Trinajstić information content (AvgIpc) is 2.39. The quantitative estimate of drug-likeness (QED) is 0.837. The number of hydrogen-bond acceptors (Lipinski definition) is 3. The average molecular weight is 247 g/mol. The van der Waals surface area contributed by atoms with Crippen molar-refractivity contribution in [1.82, 2.24) is 4.90 Å². The predicted molar refractivity (Wildman–Crippen MR) is 72.1 cm³/mol. The Morgan fingerprint density at radius 3 is 2.94 bits per heavy atom. The molecule has 1 aromatic rings. The van der Waals surface area contributed by atoms with E-state index in [9.17, 15) is 4.79 Å². The summed E-state index contributed by atoms with van der Waals surface area (Å²) in [7, 11) is 0. The van der Waals surface area contributed by atoms with E-state index in [0.29, 0.717) is 18.2 Å². The van der Waals surface area contributed by atoms with Crippen molar-refractivity contribution in [3.8, 4) is 0 Å². The van der Waals surface area contributed by atoms with E-state index in [0.717, 1.165) is 18.7 Å². The van der Waals surface area contributed by atoms with Crippen LogP contribution in [0.15, 0.2) is 24.3 Å². The second-order valence-corrected chi connectivity index (χ2v) is 4.92. The maximum absolute atomic E-state index is 11.2. The molecule has 4 N–H and O–H groups in total. The summed E-state index contributed by atoms with van der Waals surface area (Å²) in [6, 6.07) is 8.02. The molecule has 1 heterocycles. The van der Waals surface area contributed by atoms with Gasteiger partial charge in [-0.3, -0.25) is 9.69 Å². The van der Waals surface area contributed by atoms with Gasteiger partial charge in [0.1, 0.15) is 0 Å². The second kappa shape index (κ2) is 5.98. The molecule has 0 spiro atoms. The lowest BCUT2D eigenvalue weighted by Gasteiger charge is -2.35. The number of primary amides is 1. The zero-order chi connectivity index (χ0) is 13.0. The summed E-state index contributed by atoms with van der Waals surface area (Å²) < 4.78 is 0. The van der Waals surface area contributed by atoms with E-state index in [1.54, 1.807) is 6.07 Å². The molecule has 1 saturated heterocycles. The van der Waals surface area contributed by atoms with Crippen molar-refractivity contribution < 1.29 is 4.79 Å². The molecule has 0 aromatic heterocycles. The van der Waals surface area contributed by atoms with E-state index >= 15 is 0 Å². The molecule has 4 nitrogen and oxygen atoms in total. The highest BCUT2D eigenvalue weighted by atomic mass is 16.1. The summed E-state index contributed by atoms with van der Waals surface area (Å²) >= 11 is 0. The highest BCUT2D eigenvalue weighted by molar-refractivity contribution is 5.92. The summed E-state index contributed by atoms with van der Waals surface area (Å²) in [5.74, 6) is -0.370. The number of piperidine rings is 1. The third-order valence-corrected chi connectivity index (χ3v) is 3.62. The maximum atomic E-state index is 11.2. The normalized spacial score (nSPS) is 20.8. The number of benzene rings is 1. The summed E-state index contributed by atoms with van der Waals surface area (Å²) in [6.07, 6.45) is 3.66. The van der Waals surface area contributed by atoms with Gasteiger partial charge in [0.15, 0.2) is 0 Å². The number of nitrogens with zero attached hydrogens (tertiary/aromatic N) is 1. The minimum atomic E-state index is -0.370. The van der Waals surface area contributed by atoms with Crippen molar-refractivity contribution in [1.29, 1.82) is 0 Å². The number of likely N-dealkylation sites (tertiary alicyclic amines) is 1. The Kier molecular flexibility index (Phi) is 4.33. The standard InChI is InChI=1S/C14H21N3O/c15-9-13-6-1-2-7-17(13)10-11-4-3-5-12(8-11)14(16)18/h3-5,8,13H,1-2,6-7,9-10,15H2,(H2,16,18). The van der Waals surface area contributed by atoms with Crippen molar-refractivity contribution >= 4 is 5.91 Å². The minimum absolute atomic E-state index is 0.370. The van der Waals surface area contributed by atoms with E-state index in [1.807, 2.05) is 18.2 Å². The summed E-state index contributed by atoms with van der Waals surface area (Å²) in [5.41, 5.74) is 12.8. The largest absolute Gasteiger partial charge is 0.366 e. The Morgan fingerprint density at radius 1 is 1.39 bits per heavy atom. The molecule has 0 bridgehead atoms. The lowest BCUT2D eigenvalue weighted by atomic mass is 10.0. The van der Waals surface area contributed by atoms with Gasteiger partial charge in [-0.15, -0.1) is 0 Å². The van der Waals surface area contributed by atoms with E-state index in [1.165, 1.54) is 19.3 Å². The summed E-state index contributed by atoms with van der Waals surface area (Å²) in [5, 5.41) is 0. The summed E-state index contributed by atoms with van der Waals surface area (Å²) in [6.45, 7) is 2.64. The van der Waals surface area contributed by atoms with Gasteiger partial charge >= 0.3 is 0 Å². The first-order valence-electron chi connectivity index (χ1n) is 6.53. The van der Waals surface area contributed by atoms with Crippen LogP contribution in [-0.4, -0.2) is 29.9 Å². The number of carbonyl (C=O) groups is 1. The van der Waals surface area contributed by atoms with E-state index in [4.69, 9.17) is 11.5 Å². The number of rotatable bonds is 4. The van der Waals surface area contributed by atoms with Crippen molar-refractivity contribution in [2.75, 3.05) is 13.1 Å². The van der Waals surface area contributed by atoms with Crippen molar-refractivity contribution in [2.45, 2.75) is 31.8 Å². The van der Waals surface area contributed by atoms with E-state index in [-0.39, 0.29) is 5.91 Å². The molecule has 2 rings (SSSR count). The van der Waals surface area contributed by atoms with Crippen LogP contribution in [0.5, 0.6) is 0 Å². The van der Waals surface area contributed by atoms with Gasteiger partial charge in [0, 0.05) is 24.7 Å². The molecule has 0 saturated carbocycles. The molecule has 1 aromatic carbocycles. The lowest BCUT2D eigenvalue weighted by Crippen LogP contribution is -2.43. The summed E-state index contributed by atoms with van der Waals surface area (Å²) in [4.78, 5) is 13.6. The van der Waals surface area contributed by atoms with Crippen LogP contribution < -0.4 is 11.5 Å². The molecular formula is C14H21N3O. The third kappa shape index (κ3) is 3.09. The molecule has 1 fully saturated rings. The van der Waals surface area contributed by atoms with Crippen molar-refractivity contribution in [3.05, 3.63) is 35.4 Å².